The molecule has 2 heterocycles. The highest BCUT2D eigenvalue weighted by Gasteiger charge is 2.42. The van der Waals surface area contributed by atoms with Crippen LogP contribution < -0.4 is 11.1 Å². The number of nitrogens with two attached hydrogens (primary N) is 1. The molecule has 1 aliphatic heterocycles. The monoisotopic (exact) mass is 405 g/mol. The van der Waals surface area contributed by atoms with Crippen LogP contribution >= 0.6 is 11.3 Å². The highest BCUT2D eigenvalue weighted by Crippen LogP contribution is 2.39. The number of nitrogens with zero attached hydrogens (tertiary/aromatic N) is 1. The van der Waals surface area contributed by atoms with E-state index in [2.05, 4.69) is 5.32 Å². The lowest BCUT2D eigenvalue weighted by Crippen LogP contribution is -2.37. The summed E-state index contributed by atoms with van der Waals surface area (Å²) in [5, 5.41) is 2.86. The third kappa shape index (κ3) is 2.72. The number of fused-ring (bicyclic) bond motifs is 2. The third-order valence-electron chi connectivity index (χ3n) is 4.62. The van der Waals surface area contributed by atoms with Crippen LogP contribution in [0.5, 0.6) is 0 Å². The number of hydrogen-bond donors (Lipinski definition) is 2. The Hall–Kier alpha value is -2.72. The molecule has 3 N–H and O–H groups in total. The number of anilines is 1. The molecule has 2 aromatic rings. The summed E-state index contributed by atoms with van der Waals surface area (Å²) in [6, 6.07) is 5.80. The molecule has 1 aromatic heterocycles. The Kier molecular flexibility index (Phi) is 4.04. The Bertz CT molecular complexity index is 1100. The highest BCUT2D eigenvalue weighted by molar-refractivity contribution is 7.90. The molecular weight excluding hydrogens is 390 g/mol. The lowest BCUT2D eigenvalue weighted by molar-refractivity contribution is -0.116. The van der Waals surface area contributed by atoms with Crippen LogP contribution in [0.2, 0.25) is 0 Å². The van der Waals surface area contributed by atoms with Crippen molar-refractivity contribution in [2.24, 2.45) is 5.73 Å². The van der Waals surface area contributed by atoms with Gasteiger partial charge in [0.2, 0.25) is 5.91 Å². The summed E-state index contributed by atoms with van der Waals surface area (Å²) in [7, 11) is -4.07. The van der Waals surface area contributed by atoms with Gasteiger partial charge in [-0.1, -0.05) is 12.1 Å². The minimum Gasteiger partial charge on any atom is -0.365 e. The number of rotatable bonds is 4. The maximum Gasteiger partial charge on any atom is 0.269 e. The average Bonchev–Trinajstić information content (AvgIpc) is 3.23. The van der Waals surface area contributed by atoms with Gasteiger partial charge < -0.3 is 11.1 Å². The first-order valence-electron chi connectivity index (χ1n) is 8.21. The van der Waals surface area contributed by atoms with Gasteiger partial charge in [0.1, 0.15) is 16.4 Å². The van der Waals surface area contributed by atoms with Crippen LogP contribution in [0.3, 0.4) is 0 Å². The van der Waals surface area contributed by atoms with Gasteiger partial charge >= 0.3 is 0 Å². The molecule has 0 radical (unpaired) electrons. The molecular formula is C17H15N3O5S2. The zero-order valence-electron chi connectivity index (χ0n) is 14.0. The van der Waals surface area contributed by atoms with Crippen molar-refractivity contribution < 1.29 is 22.8 Å². The number of thiophene rings is 1. The Balaban J connectivity index is 1.58. The van der Waals surface area contributed by atoms with Crippen molar-refractivity contribution in [3.8, 4) is 0 Å². The number of amides is 3. The summed E-state index contributed by atoms with van der Waals surface area (Å²) in [6.45, 7) is -0.670. The molecule has 0 unspecified atom stereocenters. The number of aryl methyl sites for hydroxylation is 1. The Morgan fingerprint density at radius 1 is 1.22 bits per heavy atom. The summed E-state index contributed by atoms with van der Waals surface area (Å²) >= 11 is 1.27. The molecule has 0 fully saturated rings. The molecule has 1 aromatic carbocycles. The number of hydrogen-bond acceptors (Lipinski definition) is 6. The van der Waals surface area contributed by atoms with Gasteiger partial charge in [-0.2, -0.15) is 0 Å². The fourth-order valence-electron chi connectivity index (χ4n) is 3.44. The van der Waals surface area contributed by atoms with Crippen LogP contribution in [-0.2, 0) is 27.7 Å². The highest BCUT2D eigenvalue weighted by atomic mass is 32.2. The molecule has 27 heavy (non-hydrogen) atoms. The lowest BCUT2D eigenvalue weighted by atomic mass is 10.1. The van der Waals surface area contributed by atoms with Crippen molar-refractivity contribution in [1.29, 1.82) is 0 Å². The van der Waals surface area contributed by atoms with Crippen LogP contribution in [0, 0.1) is 0 Å². The number of carbonyl (C=O) groups excluding carboxylic acids is 3. The fraction of sp³-hybridized carbons (Fsp3) is 0.235. The van der Waals surface area contributed by atoms with Crippen LogP contribution in [-0.4, -0.2) is 37.0 Å². The Morgan fingerprint density at radius 2 is 1.96 bits per heavy atom. The minimum absolute atomic E-state index is 0.0400. The topological polar surface area (TPSA) is 127 Å². The average molecular weight is 405 g/mol. The molecule has 140 valence electrons. The maximum absolute atomic E-state index is 12.5. The first kappa shape index (κ1) is 17.7. The van der Waals surface area contributed by atoms with Gasteiger partial charge in [0, 0.05) is 4.88 Å². The lowest BCUT2D eigenvalue weighted by Gasteiger charge is -2.14. The molecule has 8 nitrogen and oxygen atoms in total. The van der Waals surface area contributed by atoms with E-state index in [9.17, 15) is 22.8 Å². The van der Waals surface area contributed by atoms with E-state index in [1.807, 2.05) is 0 Å². The molecule has 4 rings (SSSR count). The van der Waals surface area contributed by atoms with E-state index in [1.165, 1.54) is 29.5 Å². The summed E-state index contributed by atoms with van der Waals surface area (Å²) in [4.78, 5) is 37.5. The van der Waals surface area contributed by atoms with E-state index in [4.69, 9.17) is 5.73 Å². The van der Waals surface area contributed by atoms with Gasteiger partial charge in [0.15, 0.2) is 0 Å². The molecule has 0 spiro atoms. The van der Waals surface area contributed by atoms with E-state index >= 15 is 0 Å². The second-order valence-corrected chi connectivity index (χ2v) is 9.22. The van der Waals surface area contributed by atoms with E-state index < -0.39 is 34.3 Å². The van der Waals surface area contributed by atoms with Gasteiger partial charge in [-0.15, -0.1) is 11.3 Å². The van der Waals surface area contributed by atoms with Crippen LogP contribution in [0.1, 0.15) is 37.6 Å². The molecule has 0 saturated carbocycles. The summed E-state index contributed by atoms with van der Waals surface area (Å²) < 4.78 is 25.6. The largest absolute Gasteiger partial charge is 0.365 e. The van der Waals surface area contributed by atoms with Gasteiger partial charge in [-0.25, -0.2) is 12.7 Å². The number of sulfonamides is 1. The zero-order chi connectivity index (χ0) is 19.3. The molecule has 0 bridgehead atoms. The smallest absolute Gasteiger partial charge is 0.269 e. The van der Waals surface area contributed by atoms with Crippen molar-refractivity contribution in [1.82, 2.24) is 4.31 Å². The molecule has 3 amide bonds. The quantitative estimate of drug-likeness (QED) is 0.788. The zero-order valence-corrected chi connectivity index (χ0v) is 15.7. The van der Waals surface area contributed by atoms with Crippen LogP contribution in [0.25, 0.3) is 0 Å². The third-order valence-corrected chi connectivity index (χ3v) is 7.61. The van der Waals surface area contributed by atoms with Crippen molar-refractivity contribution in [2.45, 2.75) is 24.2 Å². The number of carbonyl (C=O) groups is 3. The standard InChI is InChI=1S/C17H15N3O5S2/c18-15(22)14-9-5-3-6-11(9)26-16(14)19-13(21)8-20-17(23)10-4-1-2-7-12(10)27(20,24)25/h1-2,4,7H,3,5-6,8H2,(H2,18,22)(H,19,21). The molecule has 2 aliphatic rings. The van der Waals surface area contributed by atoms with Gasteiger partial charge in [-0.05, 0) is 37.0 Å². The van der Waals surface area contributed by atoms with E-state index in [-0.39, 0.29) is 16.0 Å². The predicted octanol–water partition coefficient (Wildman–Crippen LogP) is 1.12. The predicted molar refractivity (Wildman–Crippen MR) is 98.2 cm³/mol. The van der Waals surface area contributed by atoms with Crippen LogP contribution in [0.15, 0.2) is 29.2 Å². The maximum atomic E-state index is 12.5. The van der Waals surface area contributed by atoms with Gasteiger partial charge in [0.05, 0.1) is 11.1 Å². The van der Waals surface area contributed by atoms with E-state index in [0.29, 0.717) is 15.7 Å². The van der Waals surface area contributed by atoms with E-state index in [1.54, 1.807) is 6.07 Å². The molecule has 10 heteroatoms. The first-order chi connectivity index (χ1) is 12.8. The summed E-state index contributed by atoms with van der Waals surface area (Å²) in [5.41, 5.74) is 6.61. The number of nitrogens with one attached hydrogen (secondary N) is 1. The second kappa shape index (κ2) is 6.17. The summed E-state index contributed by atoms with van der Waals surface area (Å²) in [5.74, 6) is -2.09. The Labute approximate surface area is 159 Å². The molecule has 1 aliphatic carbocycles. The number of primary amides is 1. The van der Waals surface area contributed by atoms with Gasteiger partial charge in [0.25, 0.3) is 21.8 Å². The molecule has 0 atom stereocenters. The van der Waals surface area contributed by atoms with Crippen LogP contribution in [0.4, 0.5) is 5.00 Å². The van der Waals surface area contributed by atoms with Crippen molar-refractivity contribution >= 4 is 44.1 Å². The first-order valence-corrected chi connectivity index (χ1v) is 10.5. The molecule has 0 saturated heterocycles. The Morgan fingerprint density at radius 3 is 2.67 bits per heavy atom. The van der Waals surface area contributed by atoms with Crippen molar-refractivity contribution in [2.75, 3.05) is 11.9 Å². The van der Waals surface area contributed by atoms with Crippen molar-refractivity contribution in [3.63, 3.8) is 0 Å². The normalized spacial score (nSPS) is 16.9. The van der Waals surface area contributed by atoms with Crippen molar-refractivity contribution in [3.05, 3.63) is 45.8 Å². The number of benzene rings is 1. The minimum atomic E-state index is -4.07. The summed E-state index contributed by atoms with van der Waals surface area (Å²) in [6.07, 6.45) is 2.45. The second-order valence-electron chi connectivity index (χ2n) is 6.29. The SMILES string of the molecule is NC(=O)c1c(NC(=O)CN2C(=O)c3ccccc3S2(=O)=O)sc2c1CCC2. The van der Waals surface area contributed by atoms with E-state index in [0.717, 1.165) is 23.3 Å². The fourth-order valence-corrected chi connectivity index (χ4v) is 6.27. The van der Waals surface area contributed by atoms with Gasteiger partial charge in [-0.3, -0.25) is 14.4 Å².